The van der Waals surface area contributed by atoms with Crippen LogP contribution < -0.4 is 16.4 Å². The Morgan fingerprint density at radius 1 is 0.805 bits per heavy atom. The molecule has 0 saturated carbocycles. The molecular weight excluding hydrogens is 522 g/mol. The van der Waals surface area contributed by atoms with E-state index in [0.29, 0.717) is 0 Å². The lowest BCUT2D eigenvalue weighted by atomic mass is 9.98. The number of hydrogen-bond acceptors (Lipinski definition) is 6. The summed E-state index contributed by atoms with van der Waals surface area (Å²) in [6, 6.07) is 22.5. The van der Waals surface area contributed by atoms with Gasteiger partial charge in [-0.25, -0.2) is 4.79 Å². The van der Waals surface area contributed by atoms with Crippen LogP contribution >= 0.6 is 0 Å². The molecule has 0 heterocycles. The van der Waals surface area contributed by atoms with Crippen LogP contribution in [0.4, 0.5) is 4.79 Å². The fraction of sp³-hybridized carbons (Fsp3) is 0.312. The molecule has 1 aliphatic rings. The Labute approximate surface area is 239 Å². The van der Waals surface area contributed by atoms with Crippen LogP contribution in [0.2, 0.25) is 0 Å². The second kappa shape index (κ2) is 12.7. The van der Waals surface area contributed by atoms with Crippen LogP contribution in [0.3, 0.4) is 0 Å². The number of carbonyl (C=O) groups excluding carboxylic acids is 4. The second-order valence-corrected chi connectivity index (χ2v) is 11.0. The fourth-order valence-corrected chi connectivity index (χ4v) is 4.89. The Morgan fingerprint density at radius 3 is 1.93 bits per heavy atom. The maximum Gasteiger partial charge on any atom is 0.407 e. The van der Waals surface area contributed by atoms with E-state index in [-0.39, 0.29) is 18.9 Å². The lowest BCUT2D eigenvalue weighted by Crippen LogP contribution is -2.54. The zero-order valence-electron chi connectivity index (χ0n) is 23.4. The number of primary amides is 1. The zero-order valence-corrected chi connectivity index (χ0v) is 23.4. The summed E-state index contributed by atoms with van der Waals surface area (Å²) in [5.74, 6) is -2.39. The lowest BCUT2D eigenvalue weighted by Gasteiger charge is -2.24. The molecule has 0 spiro atoms. The number of rotatable bonds is 10. The first-order valence-corrected chi connectivity index (χ1v) is 13.5. The largest absolute Gasteiger partial charge is 0.460 e. The van der Waals surface area contributed by atoms with Crippen LogP contribution in [0.5, 0.6) is 0 Å². The van der Waals surface area contributed by atoms with Crippen LogP contribution in [-0.4, -0.2) is 48.2 Å². The van der Waals surface area contributed by atoms with Crippen molar-refractivity contribution in [2.75, 3.05) is 6.61 Å². The highest BCUT2D eigenvalue weighted by Gasteiger charge is 2.32. The first-order chi connectivity index (χ1) is 19.5. The van der Waals surface area contributed by atoms with E-state index in [1.54, 1.807) is 45.0 Å². The van der Waals surface area contributed by atoms with E-state index in [2.05, 4.69) is 10.6 Å². The minimum absolute atomic E-state index is 0.0263. The highest BCUT2D eigenvalue weighted by molar-refractivity contribution is 5.93. The highest BCUT2D eigenvalue weighted by atomic mass is 16.6. The van der Waals surface area contributed by atoms with E-state index in [1.165, 1.54) is 0 Å². The number of esters is 1. The van der Waals surface area contributed by atoms with Crippen LogP contribution in [0.25, 0.3) is 11.1 Å². The predicted molar refractivity (Wildman–Crippen MR) is 154 cm³/mol. The average molecular weight is 558 g/mol. The fourth-order valence-electron chi connectivity index (χ4n) is 4.89. The molecule has 9 nitrogen and oxygen atoms in total. The van der Waals surface area contributed by atoms with Gasteiger partial charge in [-0.1, -0.05) is 78.9 Å². The first kappa shape index (κ1) is 29.3. The second-order valence-electron chi connectivity index (χ2n) is 11.0. The molecule has 0 unspecified atom stereocenters. The predicted octanol–water partition coefficient (Wildman–Crippen LogP) is 3.84. The lowest BCUT2D eigenvalue weighted by molar-refractivity contribution is -0.156. The maximum atomic E-state index is 13.3. The number of hydrogen-bond donors (Lipinski definition) is 3. The number of alkyl carbamates (subject to hydrolysis) is 1. The van der Waals surface area contributed by atoms with Gasteiger partial charge in [-0.15, -0.1) is 0 Å². The van der Waals surface area contributed by atoms with Crippen molar-refractivity contribution in [3.63, 3.8) is 0 Å². The molecule has 3 aromatic carbocycles. The van der Waals surface area contributed by atoms with Crippen LogP contribution in [0, 0.1) is 0 Å². The molecular formula is C32H35N3O6. The molecule has 0 bridgehead atoms. The van der Waals surface area contributed by atoms with Crippen molar-refractivity contribution in [3.8, 4) is 11.1 Å². The van der Waals surface area contributed by atoms with Crippen LogP contribution in [0.15, 0.2) is 78.9 Å². The van der Waals surface area contributed by atoms with Crippen molar-refractivity contribution in [1.82, 2.24) is 10.6 Å². The number of amides is 3. The Hall–Kier alpha value is -4.66. The minimum atomic E-state index is -1.36. The van der Waals surface area contributed by atoms with Gasteiger partial charge in [0.1, 0.15) is 24.3 Å². The van der Waals surface area contributed by atoms with E-state index in [4.69, 9.17) is 15.2 Å². The van der Waals surface area contributed by atoms with Crippen LogP contribution in [0.1, 0.15) is 49.8 Å². The molecule has 0 radical (unpaired) electrons. The van der Waals surface area contributed by atoms with Crippen molar-refractivity contribution >= 4 is 23.9 Å². The molecule has 4 rings (SSSR count). The number of benzene rings is 3. The Bertz CT molecular complexity index is 1370. The summed E-state index contributed by atoms with van der Waals surface area (Å²) in [4.78, 5) is 51.0. The molecule has 3 aromatic rings. The van der Waals surface area contributed by atoms with Crippen LogP contribution in [-0.2, 0) is 30.3 Å². The average Bonchev–Trinajstić information content (AvgIpc) is 3.24. The van der Waals surface area contributed by atoms with Crippen molar-refractivity contribution in [1.29, 1.82) is 0 Å². The third-order valence-corrected chi connectivity index (χ3v) is 6.69. The van der Waals surface area contributed by atoms with Crippen molar-refractivity contribution in [2.24, 2.45) is 5.73 Å². The summed E-state index contributed by atoms with van der Waals surface area (Å²) < 4.78 is 10.9. The summed E-state index contributed by atoms with van der Waals surface area (Å²) in [5.41, 5.74) is 9.77. The van der Waals surface area contributed by atoms with Gasteiger partial charge >= 0.3 is 12.1 Å². The molecule has 2 atom stereocenters. The van der Waals surface area contributed by atoms with Crippen molar-refractivity contribution < 1.29 is 28.7 Å². The summed E-state index contributed by atoms with van der Waals surface area (Å²) >= 11 is 0. The standard InChI is InChI=1S/C32H35N3O6/c1-32(2,3)41-28(36)18-27(30(38)34-26(29(33)37)17-20-11-5-4-6-12-20)35-31(39)40-19-25-23-15-9-7-13-21(23)22-14-8-10-16-24(22)25/h4-16,25-27H,17-19H2,1-3H3,(H2,33,37)(H,34,38)(H,35,39)/t26-,27-/m0/s1. The maximum absolute atomic E-state index is 13.3. The van der Waals surface area contributed by atoms with Gasteiger partial charge in [0, 0.05) is 12.3 Å². The van der Waals surface area contributed by atoms with Gasteiger partial charge in [-0.3, -0.25) is 14.4 Å². The minimum Gasteiger partial charge on any atom is -0.460 e. The Morgan fingerprint density at radius 2 is 1.37 bits per heavy atom. The van der Waals surface area contributed by atoms with E-state index in [0.717, 1.165) is 27.8 Å². The summed E-state index contributed by atoms with van der Waals surface area (Å²) in [6.07, 6.45) is -1.20. The third kappa shape index (κ3) is 7.72. The smallest absolute Gasteiger partial charge is 0.407 e. The van der Waals surface area contributed by atoms with E-state index in [9.17, 15) is 19.2 Å². The molecule has 0 fully saturated rings. The number of nitrogens with one attached hydrogen (secondary N) is 2. The highest BCUT2D eigenvalue weighted by Crippen LogP contribution is 2.44. The van der Waals surface area contributed by atoms with Crippen molar-refractivity contribution in [2.45, 2.75) is 57.2 Å². The SMILES string of the molecule is CC(C)(C)OC(=O)C[C@H](NC(=O)OCC1c2ccccc2-c2ccccc21)C(=O)N[C@@H](Cc1ccccc1)C(N)=O. The summed E-state index contributed by atoms with van der Waals surface area (Å²) in [5, 5.41) is 5.06. The van der Waals surface area contributed by atoms with Gasteiger partial charge in [0.15, 0.2) is 0 Å². The molecule has 3 amide bonds. The molecule has 1 aliphatic carbocycles. The molecule has 0 aromatic heterocycles. The zero-order chi connectivity index (χ0) is 29.6. The van der Waals surface area contributed by atoms with Crippen molar-refractivity contribution in [3.05, 3.63) is 95.6 Å². The number of ether oxygens (including phenoxy) is 2. The summed E-state index contributed by atoms with van der Waals surface area (Å²) in [7, 11) is 0. The molecule has 4 N–H and O–H groups in total. The van der Waals surface area contributed by atoms with E-state index >= 15 is 0 Å². The third-order valence-electron chi connectivity index (χ3n) is 6.69. The molecule has 214 valence electrons. The van der Waals surface area contributed by atoms with Gasteiger partial charge in [0.2, 0.25) is 11.8 Å². The van der Waals surface area contributed by atoms with Gasteiger partial charge in [-0.05, 0) is 48.6 Å². The number of fused-ring (bicyclic) bond motifs is 3. The van der Waals surface area contributed by atoms with E-state index in [1.807, 2.05) is 54.6 Å². The number of nitrogens with two attached hydrogens (primary N) is 1. The molecule has 41 heavy (non-hydrogen) atoms. The van der Waals surface area contributed by atoms with Gasteiger partial charge in [0.05, 0.1) is 6.42 Å². The molecule has 0 aliphatic heterocycles. The molecule has 9 heteroatoms. The quantitative estimate of drug-likeness (QED) is 0.324. The van der Waals surface area contributed by atoms with Gasteiger partial charge in [0.25, 0.3) is 0 Å². The van der Waals surface area contributed by atoms with Gasteiger partial charge < -0.3 is 25.8 Å². The normalized spacial score (nSPS) is 13.7. The Balaban J connectivity index is 1.46. The Kier molecular flexibility index (Phi) is 9.07. The first-order valence-electron chi connectivity index (χ1n) is 13.5. The van der Waals surface area contributed by atoms with Gasteiger partial charge in [-0.2, -0.15) is 0 Å². The topological polar surface area (TPSA) is 137 Å². The monoisotopic (exact) mass is 557 g/mol. The summed E-state index contributed by atoms with van der Waals surface area (Å²) in [6.45, 7) is 5.12. The van der Waals surface area contributed by atoms with E-state index < -0.39 is 48.0 Å². The molecule has 0 saturated heterocycles. The number of carbonyl (C=O) groups is 4.